The Hall–Kier alpha value is -1.50. The maximum atomic E-state index is 12.9. The predicted octanol–water partition coefficient (Wildman–Crippen LogP) is 3.23. The molecule has 0 atom stereocenters. The Morgan fingerprint density at radius 3 is 2.58 bits per heavy atom. The van der Waals surface area contributed by atoms with Gasteiger partial charge in [-0.2, -0.15) is 8.78 Å². The average molecular weight is 282 g/mol. The van der Waals surface area contributed by atoms with Crippen molar-refractivity contribution in [2.24, 2.45) is 0 Å². The minimum Gasteiger partial charge on any atom is -0.367 e. The number of aryl methyl sites for hydroxylation is 1. The molecule has 0 amide bonds. The maximum absolute atomic E-state index is 12.9. The molecule has 106 valence electrons. The third kappa shape index (κ3) is 4.27. The third-order valence-corrected chi connectivity index (χ3v) is 2.35. The van der Waals surface area contributed by atoms with Crippen LogP contribution in [0.2, 0.25) is 0 Å². The van der Waals surface area contributed by atoms with E-state index < -0.39 is 37.2 Å². The Kier molecular flexibility index (Phi) is 4.99. The summed E-state index contributed by atoms with van der Waals surface area (Å²) in [5.41, 5.74) is 0.413. The van der Waals surface area contributed by atoms with Crippen LogP contribution in [0.1, 0.15) is 15.9 Å². The molecule has 1 rings (SSSR count). The van der Waals surface area contributed by atoms with E-state index in [2.05, 4.69) is 4.74 Å². The minimum atomic E-state index is -4.31. The third-order valence-electron chi connectivity index (χ3n) is 2.35. The number of benzene rings is 1. The van der Waals surface area contributed by atoms with Gasteiger partial charge in [-0.05, 0) is 24.6 Å². The molecule has 7 heteroatoms. The first-order valence-electron chi connectivity index (χ1n) is 5.27. The molecule has 0 saturated heterocycles. The lowest BCUT2D eigenvalue weighted by molar-refractivity contribution is -0.163. The number of Topliss-reactive ketones (excluding diaryl/α,β-unsaturated/α-hetero) is 1. The van der Waals surface area contributed by atoms with E-state index in [1.54, 1.807) is 0 Å². The Bertz CT molecular complexity index is 459. The lowest BCUT2D eigenvalue weighted by Crippen LogP contribution is -2.33. The minimum absolute atomic E-state index is 0.0274. The second-order valence-corrected chi connectivity index (χ2v) is 3.94. The zero-order chi connectivity index (χ0) is 14.6. The van der Waals surface area contributed by atoms with Crippen LogP contribution in [0.4, 0.5) is 22.0 Å². The van der Waals surface area contributed by atoms with Crippen LogP contribution in [0, 0.1) is 12.7 Å². The SMILES string of the molecule is Cc1ccc(F)cc1C(=O)COCC(F)(F)C(F)F. The van der Waals surface area contributed by atoms with Gasteiger partial charge in [-0.25, -0.2) is 13.2 Å². The lowest BCUT2D eigenvalue weighted by Gasteiger charge is -2.15. The highest BCUT2D eigenvalue weighted by Gasteiger charge is 2.41. The second-order valence-electron chi connectivity index (χ2n) is 3.94. The molecular weight excluding hydrogens is 271 g/mol. The maximum Gasteiger partial charge on any atom is 0.330 e. The van der Waals surface area contributed by atoms with Crippen LogP contribution >= 0.6 is 0 Å². The van der Waals surface area contributed by atoms with Crippen LogP contribution in [-0.4, -0.2) is 31.3 Å². The molecule has 0 saturated carbocycles. The van der Waals surface area contributed by atoms with E-state index >= 15 is 0 Å². The standard InChI is InChI=1S/C12H11F5O2/c1-7-2-3-8(13)4-9(7)10(18)5-19-6-12(16,17)11(14)15/h2-4,11H,5-6H2,1H3. The monoisotopic (exact) mass is 282 g/mol. The normalized spacial score (nSPS) is 11.9. The summed E-state index contributed by atoms with van der Waals surface area (Å²) in [7, 11) is 0. The number of hydrogen-bond acceptors (Lipinski definition) is 2. The number of ether oxygens (including phenoxy) is 1. The molecule has 0 aliphatic rings. The van der Waals surface area contributed by atoms with Crippen molar-refractivity contribution in [3.05, 3.63) is 35.1 Å². The molecule has 0 N–H and O–H groups in total. The van der Waals surface area contributed by atoms with Crippen molar-refractivity contribution in [2.75, 3.05) is 13.2 Å². The van der Waals surface area contributed by atoms with Gasteiger partial charge in [0.2, 0.25) is 0 Å². The average Bonchev–Trinajstić information content (AvgIpc) is 2.31. The van der Waals surface area contributed by atoms with Crippen molar-refractivity contribution in [1.82, 2.24) is 0 Å². The summed E-state index contributed by atoms with van der Waals surface area (Å²) < 4.78 is 65.8. The van der Waals surface area contributed by atoms with Crippen molar-refractivity contribution < 1.29 is 31.5 Å². The summed E-state index contributed by atoms with van der Waals surface area (Å²) in [4.78, 5) is 11.5. The highest BCUT2D eigenvalue weighted by Crippen LogP contribution is 2.23. The summed E-state index contributed by atoms with van der Waals surface area (Å²) in [5, 5.41) is 0. The molecule has 0 radical (unpaired) electrons. The summed E-state index contributed by atoms with van der Waals surface area (Å²) in [6.45, 7) is -0.849. The topological polar surface area (TPSA) is 26.3 Å². The van der Waals surface area contributed by atoms with E-state index in [-0.39, 0.29) is 5.56 Å². The fourth-order valence-electron chi connectivity index (χ4n) is 1.32. The Morgan fingerprint density at radius 2 is 2.00 bits per heavy atom. The first-order chi connectivity index (χ1) is 8.74. The zero-order valence-electron chi connectivity index (χ0n) is 9.93. The first-order valence-corrected chi connectivity index (χ1v) is 5.27. The van der Waals surface area contributed by atoms with Crippen LogP contribution < -0.4 is 0 Å². The van der Waals surface area contributed by atoms with Gasteiger partial charge in [-0.15, -0.1) is 0 Å². The Balaban J connectivity index is 2.59. The fourth-order valence-corrected chi connectivity index (χ4v) is 1.32. The molecule has 1 aromatic rings. The molecule has 19 heavy (non-hydrogen) atoms. The van der Waals surface area contributed by atoms with Crippen LogP contribution in [0.25, 0.3) is 0 Å². The van der Waals surface area contributed by atoms with Crippen molar-refractivity contribution in [1.29, 1.82) is 0 Å². The number of ketones is 1. The van der Waals surface area contributed by atoms with Gasteiger partial charge in [-0.1, -0.05) is 6.07 Å². The van der Waals surface area contributed by atoms with Crippen LogP contribution in [0.5, 0.6) is 0 Å². The summed E-state index contributed by atoms with van der Waals surface area (Å²) in [6, 6.07) is 3.42. The van der Waals surface area contributed by atoms with Gasteiger partial charge in [0.15, 0.2) is 5.78 Å². The number of halogens is 5. The van der Waals surface area contributed by atoms with Gasteiger partial charge in [-0.3, -0.25) is 4.79 Å². The van der Waals surface area contributed by atoms with Crippen molar-refractivity contribution in [3.63, 3.8) is 0 Å². The van der Waals surface area contributed by atoms with Crippen LogP contribution in [0.3, 0.4) is 0 Å². The van der Waals surface area contributed by atoms with E-state index in [4.69, 9.17) is 0 Å². The van der Waals surface area contributed by atoms with E-state index in [0.717, 1.165) is 12.1 Å². The van der Waals surface area contributed by atoms with Gasteiger partial charge in [0.25, 0.3) is 0 Å². The summed E-state index contributed by atoms with van der Waals surface area (Å²) >= 11 is 0. The Morgan fingerprint density at radius 1 is 1.37 bits per heavy atom. The highest BCUT2D eigenvalue weighted by atomic mass is 19.3. The molecule has 2 nitrogen and oxygen atoms in total. The van der Waals surface area contributed by atoms with Gasteiger partial charge in [0, 0.05) is 5.56 Å². The molecule has 0 spiro atoms. The van der Waals surface area contributed by atoms with Crippen molar-refractivity contribution in [2.45, 2.75) is 19.3 Å². The fraction of sp³-hybridized carbons (Fsp3) is 0.417. The molecule has 0 heterocycles. The first kappa shape index (κ1) is 15.6. The molecule has 0 fully saturated rings. The summed E-state index contributed by atoms with van der Waals surface area (Å²) in [6.07, 6.45) is -3.86. The molecule has 0 aromatic heterocycles. The number of carbonyl (C=O) groups excluding carboxylic acids is 1. The van der Waals surface area contributed by atoms with Gasteiger partial charge >= 0.3 is 12.3 Å². The largest absolute Gasteiger partial charge is 0.367 e. The van der Waals surface area contributed by atoms with E-state index in [1.807, 2.05) is 0 Å². The van der Waals surface area contributed by atoms with E-state index in [0.29, 0.717) is 5.56 Å². The van der Waals surface area contributed by atoms with E-state index in [1.165, 1.54) is 13.0 Å². The molecule has 0 unspecified atom stereocenters. The number of carbonyl (C=O) groups is 1. The van der Waals surface area contributed by atoms with Crippen molar-refractivity contribution >= 4 is 5.78 Å². The highest BCUT2D eigenvalue weighted by molar-refractivity contribution is 5.98. The molecule has 0 bridgehead atoms. The predicted molar refractivity (Wildman–Crippen MR) is 57.2 cm³/mol. The lowest BCUT2D eigenvalue weighted by atomic mass is 10.1. The van der Waals surface area contributed by atoms with E-state index in [9.17, 15) is 26.7 Å². The molecule has 0 aliphatic heterocycles. The summed E-state index contributed by atoms with van der Waals surface area (Å²) in [5.74, 6) is -5.72. The molecular formula is C12H11F5O2. The number of alkyl halides is 4. The number of hydrogen-bond donors (Lipinski definition) is 0. The second kappa shape index (κ2) is 6.10. The molecule has 1 aromatic carbocycles. The quantitative estimate of drug-likeness (QED) is 0.591. The smallest absolute Gasteiger partial charge is 0.330 e. The number of rotatable bonds is 6. The van der Waals surface area contributed by atoms with Crippen LogP contribution in [0.15, 0.2) is 18.2 Å². The molecule has 0 aliphatic carbocycles. The zero-order valence-corrected chi connectivity index (χ0v) is 9.93. The Labute approximate surface area is 106 Å². The van der Waals surface area contributed by atoms with Gasteiger partial charge in [0.05, 0.1) is 0 Å². The van der Waals surface area contributed by atoms with Gasteiger partial charge in [0.1, 0.15) is 19.0 Å². The van der Waals surface area contributed by atoms with Crippen molar-refractivity contribution in [3.8, 4) is 0 Å². The van der Waals surface area contributed by atoms with Crippen LogP contribution in [-0.2, 0) is 4.74 Å². The van der Waals surface area contributed by atoms with Gasteiger partial charge < -0.3 is 4.74 Å².